The maximum absolute atomic E-state index is 11.9. The molecule has 9 nitrogen and oxygen atoms in total. The highest BCUT2D eigenvalue weighted by molar-refractivity contribution is 5.95. The highest BCUT2D eigenvalue weighted by Crippen LogP contribution is 2.34. The average molecular weight is 448 g/mol. The first-order chi connectivity index (χ1) is 15.8. The Morgan fingerprint density at radius 2 is 1.70 bits per heavy atom. The number of carbonyl (C=O) groups excluding carboxylic acids is 1. The molecule has 3 rings (SSSR count). The third-order valence-electron chi connectivity index (χ3n) is 4.88. The normalized spacial score (nSPS) is 10.2. The molecule has 0 saturated heterocycles. The number of benzene rings is 2. The molecule has 170 valence electrons. The molecule has 2 aromatic carbocycles. The fourth-order valence-corrected chi connectivity index (χ4v) is 3.20. The number of anilines is 2. The van der Waals surface area contributed by atoms with Crippen molar-refractivity contribution in [2.75, 3.05) is 32.8 Å². The van der Waals surface area contributed by atoms with E-state index in [-0.39, 0.29) is 34.6 Å². The summed E-state index contributed by atoms with van der Waals surface area (Å²) in [6, 6.07) is 6.59. The van der Waals surface area contributed by atoms with Crippen LogP contribution in [0.25, 0.3) is 0 Å². The van der Waals surface area contributed by atoms with E-state index in [1.165, 1.54) is 40.4 Å². The number of phenols is 1. The lowest BCUT2D eigenvalue weighted by Gasteiger charge is -2.13. The Balaban J connectivity index is 2.10. The van der Waals surface area contributed by atoms with Crippen LogP contribution in [0.2, 0.25) is 0 Å². The molecule has 9 heteroatoms. The molecule has 5 N–H and O–H groups in total. The van der Waals surface area contributed by atoms with Crippen molar-refractivity contribution < 1.29 is 24.1 Å². The summed E-state index contributed by atoms with van der Waals surface area (Å²) in [4.78, 5) is 19.8. The van der Waals surface area contributed by atoms with Crippen molar-refractivity contribution >= 4 is 17.5 Å². The number of nitrogen functional groups attached to an aromatic ring is 2. The van der Waals surface area contributed by atoms with Gasteiger partial charge in [-0.3, -0.25) is 4.79 Å². The van der Waals surface area contributed by atoms with E-state index < -0.39 is 0 Å². The second-order valence-corrected chi connectivity index (χ2v) is 7.08. The zero-order valence-corrected chi connectivity index (χ0v) is 18.7. The Morgan fingerprint density at radius 1 is 1.00 bits per heavy atom. The van der Waals surface area contributed by atoms with Crippen LogP contribution in [0.4, 0.5) is 11.8 Å². The first-order valence-corrected chi connectivity index (χ1v) is 9.83. The largest absolute Gasteiger partial charge is 0.503 e. The van der Waals surface area contributed by atoms with Gasteiger partial charge in [0.05, 0.1) is 32.5 Å². The summed E-state index contributed by atoms with van der Waals surface area (Å²) in [7, 11) is 4.43. The quantitative estimate of drug-likeness (QED) is 0.383. The minimum atomic E-state index is -0.180. The fourth-order valence-electron chi connectivity index (χ4n) is 3.20. The number of methoxy groups -OCH3 is 3. The van der Waals surface area contributed by atoms with Gasteiger partial charge in [-0.1, -0.05) is 11.8 Å². The van der Waals surface area contributed by atoms with Crippen molar-refractivity contribution in [2.24, 2.45) is 0 Å². The van der Waals surface area contributed by atoms with Gasteiger partial charge in [-0.25, -0.2) is 4.98 Å². The summed E-state index contributed by atoms with van der Waals surface area (Å²) in [5, 5.41) is 10.5. The molecular formula is C24H24N4O5. The number of phenolic OH excluding ortho intramolecular Hbond substituents is 1. The second kappa shape index (κ2) is 9.78. The number of nitrogens with zero attached hydrogens (tertiary/aromatic N) is 2. The van der Waals surface area contributed by atoms with Gasteiger partial charge in [0.1, 0.15) is 5.82 Å². The molecule has 0 aliphatic heterocycles. The summed E-state index contributed by atoms with van der Waals surface area (Å²) in [6.07, 6.45) is 1.97. The fraction of sp³-hybridized carbons (Fsp3) is 0.208. The number of carbonyl (C=O) groups is 1. The standard InChI is InChI=1S/C24H24N4O5/c1-13(29)17-10-15(21(30)19(11-17)31-2)5-6-16-7-14(9-20(32-3)22(16)33-4)8-18-12-27-24(26)28-23(18)25/h7,9-12,30H,8H2,1-4H3,(H4,25,26,27,28). The molecule has 0 spiro atoms. The van der Waals surface area contributed by atoms with Crippen LogP contribution in [0.3, 0.4) is 0 Å². The molecule has 0 fully saturated rings. The molecule has 3 aromatic rings. The van der Waals surface area contributed by atoms with Crippen molar-refractivity contribution in [3.05, 3.63) is 58.3 Å². The lowest BCUT2D eigenvalue weighted by molar-refractivity contribution is 0.101. The summed E-state index contributed by atoms with van der Waals surface area (Å²) in [6.45, 7) is 1.42. The summed E-state index contributed by atoms with van der Waals surface area (Å²) >= 11 is 0. The van der Waals surface area contributed by atoms with Gasteiger partial charge in [-0.2, -0.15) is 4.98 Å². The van der Waals surface area contributed by atoms with Crippen molar-refractivity contribution in [2.45, 2.75) is 13.3 Å². The molecule has 0 atom stereocenters. The number of ketones is 1. The molecular weight excluding hydrogens is 424 g/mol. The summed E-state index contributed by atoms with van der Waals surface area (Å²) in [5.41, 5.74) is 14.2. The number of aromatic nitrogens is 2. The summed E-state index contributed by atoms with van der Waals surface area (Å²) in [5.74, 6) is 6.98. The van der Waals surface area contributed by atoms with Crippen molar-refractivity contribution in [3.8, 4) is 34.8 Å². The predicted molar refractivity (Wildman–Crippen MR) is 124 cm³/mol. The molecule has 0 unspecified atom stereocenters. The highest BCUT2D eigenvalue weighted by Gasteiger charge is 2.15. The first kappa shape index (κ1) is 23.2. The number of rotatable bonds is 6. The third kappa shape index (κ3) is 5.07. The van der Waals surface area contributed by atoms with Crippen LogP contribution in [0.1, 0.15) is 39.5 Å². The molecule has 0 bridgehead atoms. The van der Waals surface area contributed by atoms with E-state index in [1.807, 2.05) is 6.07 Å². The average Bonchev–Trinajstić information content (AvgIpc) is 2.79. The van der Waals surface area contributed by atoms with E-state index in [0.717, 1.165) is 5.56 Å². The SMILES string of the molecule is COc1cc(C(C)=O)cc(C#Cc2cc(Cc3cnc(N)nc3N)cc(OC)c2OC)c1O. The van der Waals surface area contributed by atoms with Gasteiger partial charge in [0, 0.05) is 23.7 Å². The van der Waals surface area contributed by atoms with E-state index >= 15 is 0 Å². The molecule has 0 aliphatic carbocycles. The smallest absolute Gasteiger partial charge is 0.221 e. The second-order valence-electron chi connectivity index (χ2n) is 7.08. The van der Waals surface area contributed by atoms with Crippen LogP contribution in [0.5, 0.6) is 23.0 Å². The van der Waals surface area contributed by atoms with E-state index in [9.17, 15) is 9.90 Å². The molecule has 0 radical (unpaired) electrons. The number of nitrogens with two attached hydrogens (primary N) is 2. The van der Waals surface area contributed by atoms with Crippen molar-refractivity contribution in [1.29, 1.82) is 0 Å². The van der Waals surface area contributed by atoms with Gasteiger partial charge < -0.3 is 30.8 Å². The van der Waals surface area contributed by atoms with Crippen molar-refractivity contribution in [1.82, 2.24) is 9.97 Å². The minimum absolute atomic E-state index is 0.0955. The van der Waals surface area contributed by atoms with Crippen LogP contribution in [-0.2, 0) is 6.42 Å². The van der Waals surface area contributed by atoms with Crippen LogP contribution < -0.4 is 25.7 Å². The van der Waals surface area contributed by atoms with E-state index in [1.54, 1.807) is 12.3 Å². The van der Waals surface area contributed by atoms with Gasteiger partial charge >= 0.3 is 0 Å². The molecule has 1 heterocycles. The van der Waals surface area contributed by atoms with Gasteiger partial charge in [-0.15, -0.1) is 0 Å². The monoisotopic (exact) mass is 448 g/mol. The van der Waals surface area contributed by atoms with E-state index in [2.05, 4.69) is 21.8 Å². The third-order valence-corrected chi connectivity index (χ3v) is 4.88. The lowest BCUT2D eigenvalue weighted by Crippen LogP contribution is -2.04. The Morgan fingerprint density at radius 3 is 2.30 bits per heavy atom. The number of hydrogen-bond donors (Lipinski definition) is 3. The van der Waals surface area contributed by atoms with E-state index in [0.29, 0.717) is 34.6 Å². The number of hydrogen-bond acceptors (Lipinski definition) is 9. The molecule has 0 amide bonds. The predicted octanol–water partition coefficient (Wildman–Crippen LogP) is 2.57. The molecule has 33 heavy (non-hydrogen) atoms. The topological polar surface area (TPSA) is 143 Å². The molecule has 0 saturated carbocycles. The first-order valence-electron chi connectivity index (χ1n) is 9.83. The maximum atomic E-state index is 11.9. The van der Waals surface area contributed by atoms with Crippen LogP contribution in [0, 0.1) is 11.8 Å². The van der Waals surface area contributed by atoms with Crippen molar-refractivity contribution in [3.63, 3.8) is 0 Å². The van der Waals surface area contributed by atoms with Gasteiger partial charge in [-0.05, 0) is 36.8 Å². The van der Waals surface area contributed by atoms with Gasteiger partial charge in [0.15, 0.2) is 28.8 Å². The van der Waals surface area contributed by atoms with Gasteiger partial charge in [0.25, 0.3) is 0 Å². The number of Topliss-reactive ketones (excluding diaryl/α,β-unsaturated/α-hetero) is 1. The molecule has 0 aliphatic rings. The highest BCUT2D eigenvalue weighted by atomic mass is 16.5. The Bertz CT molecular complexity index is 1280. The maximum Gasteiger partial charge on any atom is 0.221 e. The number of ether oxygens (including phenoxy) is 3. The van der Waals surface area contributed by atoms with Crippen LogP contribution >= 0.6 is 0 Å². The lowest BCUT2D eigenvalue weighted by atomic mass is 10.0. The van der Waals surface area contributed by atoms with Crippen LogP contribution in [0.15, 0.2) is 30.5 Å². The number of aromatic hydroxyl groups is 1. The Labute approximate surface area is 191 Å². The minimum Gasteiger partial charge on any atom is -0.503 e. The zero-order chi connectivity index (χ0) is 24.1. The zero-order valence-electron chi connectivity index (χ0n) is 18.7. The molecule has 1 aromatic heterocycles. The summed E-state index contributed by atoms with van der Waals surface area (Å²) < 4.78 is 16.1. The van der Waals surface area contributed by atoms with Crippen LogP contribution in [-0.4, -0.2) is 42.2 Å². The van der Waals surface area contributed by atoms with E-state index in [4.69, 9.17) is 25.7 Å². The Kier molecular flexibility index (Phi) is 6.88. The van der Waals surface area contributed by atoms with Gasteiger partial charge in [0.2, 0.25) is 5.95 Å². The Hall–Kier alpha value is -4.45.